The molecule has 0 bridgehead atoms. The van der Waals surface area contributed by atoms with Crippen molar-refractivity contribution in [2.45, 2.75) is 12.3 Å². The Labute approximate surface area is 59.6 Å². The number of hydrogen-bond donors (Lipinski definition) is 0. The molecule has 0 aromatic heterocycles. The molecular weight excluding hydrogens is 134 g/mol. The van der Waals surface area contributed by atoms with Crippen LogP contribution in [-0.2, 0) is 4.79 Å². The van der Waals surface area contributed by atoms with Crippen LogP contribution in [0, 0.1) is 0 Å². The van der Waals surface area contributed by atoms with Crippen molar-refractivity contribution in [3.05, 3.63) is 0 Å². The van der Waals surface area contributed by atoms with Crippen molar-refractivity contribution in [2.24, 2.45) is 0 Å². The molecule has 3 heteroatoms. The highest BCUT2D eigenvalue weighted by atomic mass is 32.2. The van der Waals surface area contributed by atoms with Gasteiger partial charge in [0.15, 0.2) is 5.78 Å². The van der Waals surface area contributed by atoms with Gasteiger partial charge in [-0.1, -0.05) is 0 Å². The van der Waals surface area contributed by atoms with Crippen molar-refractivity contribution in [3.63, 3.8) is 0 Å². The van der Waals surface area contributed by atoms with Gasteiger partial charge in [0.25, 0.3) is 0 Å². The zero-order valence-corrected chi connectivity index (χ0v) is 6.57. The molecule has 0 aliphatic carbocycles. The Balaban J connectivity index is 2.49. The Morgan fingerprint density at radius 3 is 2.67 bits per heavy atom. The second kappa shape index (κ2) is 2.71. The van der Waals surface area contributed by atoms with Gasteiger partial charge in [0.1, 0.15) is 5.37 Å². The summed E-state index contributed by atoms with van der Waals surface area (Å²) >= 11 is 1.73. The summed E-state index contributed by atoms with van der Waals surface area (Å²) < 4.78 is 0. The molecule has 9 heavy (non-hydrogen) atoms. The van der Waals surface area contributed by atoms with Gasteiger partial charge in [0, 0.05) is 12.3 Å². The first-order valence-corrected chi connectivity index (χ1v) is 4.09. The van der Waals surface area contributed by atoms with Gasteiger partial charge < -0.3 is 0 Å². The van der Waals surface area contributed by atoms with Gasteiger partial charge in [-0.2, -0.15) is 0 Å². The van der Waals surface area contributed by atoms with E-state index in [0.717, 1.165) is 12.3 Å². The number of likely N-dealkylation sites (N-methyl/N-ethyl adjacent to an activating group) is 1. The maximum Gasteiger partial charge on any atom is 0.157 e. The topological polar surface area (TPSA) is 20.3 Å². The van der Waals surface area contributed by atoms with E-state index in [0.29, 0.717) is 0 Å². The molecule has 1 saturated heterocycles. The molecule has 0 radical (unpaired) electrons. The average molecular weight is 145 g/mol. The number of nitrogens with zero attached hydrogens (tertiary/aromatic N) is 1. The molecule has 52 valence electrons. The van der Waals surface area contributed by atoms with Crippen LogP contribution < -0.4 is 0 Å². The summed E-state index contributed by atoms with van der Waals surface area (Å²) in [7, 11) is 1.99. The molecule has 0 amide bonds. The average Bonchev–Trinajstić information content (AvgIpc) is 2.13. The Morgan fingerprint density at radius 1 is 1.78 bits per heavy atom. The number of thioether (sulfide) groups is 1. The monoisotopic (exact) mass is 145 g/mol. The van der Waals surface area contributed by atoms with Gasteiger partial charge in [0.2, 0.25) is 0 Å². The van der Waals surface area contributed by atoms with Gasteiger partial charge in [-0.3, -0.25) is 9.69 Å². The lowest BCUT2D eigenvalue weighted by molar-refractivity contribution is -0.118. The number of carbonyl (C=O) groups excluding carboxylic acids is 1. The summed E-state index contributed by atoms with van der Waals surface area (Å²) in [5.41, 5.74) is 0. The number of rotatable bonds is 1. The highest BCUT2D eigenvalue weighted by Gasteiger charge is 2.24. The summed E-state index contributed by atoms with van der Waals surface area (Å²) in [5, 5.41) is 0.144. The Morgan fingerprint density at radius 2 is 2.44 bits per heavy atom. The van der Waals surface area contributed by atoms with Crippen LogP contribution in [0.2, 0.25) is 0 Å². The van der Waals surface area contributed by atoms with Gasteiger partial charge in [-0.15, -0.1) is 11.8 Å². The number of carbonyl (C=O) groups is 1. The van der Waals surface area contributed by atoms with Gasteiger partial charge in [0.05, 0.1) is 0 Å². The van der Waals surface area contributed by atoms with E-state index in [4.69, 9.17) is 0 Å². The third-order valence-electron chi connectivity index (χ3n) is 1.47. The van der Waals surface area contributed by atoms with Crippen molar-refractivity contribution in [1.82, 2.24) is 4.90 Å². The smallest absolute Gasteiger partial charge is 0.157 e. The number of Topliss-reactive ketones (excluding diaryl/α,β-unsaturated/α-hetero) is 1. The van der Waals surface area contributed by atoms with Gasteiger partial charge in [-0.25, -0.2) is 0 Å². The maximum atomic E-state index is 10.8. The van der Waals surface area contributed by atoms with Crippen LogP contribution in [0.15, 0.2) is 0 Å². The largest absolute Gasteiger partial charge is 0.297 e. The van der Waals surface area contributed by atoms with Gasteiger partial charge in [-0.05, 0) is 14.0 Å². The first kappa shape index (κ1) is 7.09. The molecule has 1 fully saturated rings. The molecular formula is C6H11NOS. The second-order valence-corrected chi connectivity index (χ2v) is 3.50. The maximum absolute atomic E-state index is 10.8. The fraction of sp³-hybridized carbons (Fsp3) is 0.833. The van der Waals surface area contributed by atoms with Gasteiger partial charge >= 0.3 is 0 Å². The van der Waals surface area contributed by atoms with Crippen LogP contribution in [0.3, 0.4) is 0 Å². The summed E-state index contributed by atoms with van der Waals surface area (Å²) in [6.45, 7) is 2.70. The Kier molecular flexibility index (Phi) is 2.13. The van der Waals surface area contributed by atoms with Crippen molar-refractivity contribution >= 4 is 17.5 Å². The van der Waals surface area contributed by atoms with Crippen LogP contribution >= 0.6 is 11.8 Å². The number of ketones is 1. The lowest BCUT2D eigenvalue weighted by Gasteiger charge is -2.13. The van der Waals surface area contributed by atoms with Crippen LogP contribution in [0.25, 0.3) is 0 Å². The minimum absolute atomic E-state index is 0.144. The van der Waals surface area contributed by atoms with E-state index in [1.807, 2.05) is 7.05 Å². The molecule has 1 aliphatic rings. The minimum atomic E-state index is 0.144. The molecule has 0 N–H and O–H groups in total. The van der Waals surface area contributed by atoms with Crippen LogP contribution in [0.5, 0.6) is 0 Å². The lowest BCUT2D eigenvalue weighted by Crippen LogP contribution is -2.29. The van der Waals surface area contributed by atoms with Crippen LogP contribution in [-0.4, -0.2) is 35.4 Å². The minimum Gasteiger partial charge on any atom is -0.297 e. The van der Waals surface area contributed by atoms with E-state index in [2.05, 4.69) is 4.90 Å². The highest BCUT2D eigenvalue weighted by molar-refractivity contribution is 8.00. The Bertz CT molecular complexity index is 126. The summed E-state index contributed by atoms with van der Waals surface area (Å²) in [4.78, 5) is 12.9. The number of hydrogen-bond acceptors (Lipinski definition) is 3. The first-order valence-electron chi connectivity index (χ1n) is 3.04. The normalized spacial score (nSPS) is 28.9. The molecule has 0 spiro atoms. The first-order chi connectivity index (χ1) is 4.22. The van der Waals surface area contributed by atoms with Crippen molar-refractivity contribution < 1.29 is 4.79 Å². The highest BCUT2D eigenvalue weighted by Crippen LogP contribution is 2.21. The van der Waals surface area contributed by atoms with Crippen molar-refractivity contribution in [1.29, 1.82) is 0 Å². The predicted octanol–water partition coefficient (Wildman–Crippen LogP) is 0.580. The molecule has 0 aromatic rings. The summed E-state index contributed by atoms with van der Waals surface area (Å²) in [6.07, 6.45) is 0. The molecule has 1 aliphatic heterocycles. The quantitative estimate of drug-likeness (QED) is 0.538. The predicted molar refractivity (Wildman–Crippen MR) is 39.6 cm³/mol. The zero-order valence-electron chi connectivity index (χ0n) is 5.76. The van der Waals surface area contributed by atoms with E-state index in [1.54, 1.807) is 18.7 Å². The third-order valence-corrected chi connectivity index (χ3v) is 2.89. The molecule has 0 aromatic carbocycles. The molecule has 0 saturated carbocycles. The van der Waals surface area contributed by atoms with E-state index in [1.165, 1.54) is 0 Å². The van der Waals surface area contributed by atoms with Crippen LogP contribution in [0.4, 0.5) is 0 Å². The summed E-state index contributed by atoms with van der Waals surface area (Å²) in [5.74, 6) is 1.38. The SMILES string of the molecule is CC(=O)[C@@H]1SCCN1C. The van der Waals surface area contributed by atoms with E-state index in [-0.39, 0.29) is 11.2 Å². The fourth-order valence-electron chi connectivity index (χ4n) is 0.981. The summed E-state index contributed by atoms with van der Waals surface area (Å²) in [6, 6.07) is 0. The zero-order chi connectivity index (χ0) is 6.85. The lowest BCUT2D eigenvalue weighted by atomic mass is 10.4. The molecule has 1 atom stereocenters. The second-order valence-electron chi connectivity index (χ2n) is 2.31. The molecule has 0 unspecified atom stereocenters. The van der Waals surface area contributed by atoms with Crippen molar-refractivity contribution in [3.8, 4) is 0 Å². The molecule has 2 nitrogen and oxygen atoms in total. The molecule has 1 heterocycles. The van der Waals surface area contributed by atoms with Crippen LogP contribution in [0.1, 0.15) is 6.92 Å². The Hall–Kier alpha value is -0.0200. The standard InChI is InChI=1S/C6H11NOS/c1-5(8)6-7(2)3-4-9-6/h6H,3-4H2,1-2H3/t6-/m0/s1. The van der Waals surface area contributed by atoms with E-state index >= 15 is 0 Å². The van der Waals surface area contributed by atoms with E-state index < -0.39 is 0 Å². The third kappa shape index (κ3) is 1.46. The van der Waals surface area contributed by atoms with Crippen molar-refractivity contribution in [2.75, 3.05) is 19.3 Å². The molecule has 1 rings (SSSR count). The van der Waals surface area contributed by atoms with E-state index in [9.17, 15) is 4.79 Å². The fourth-order valence-corrected chi connectivity index (χ4v) is 2.19.